The first kappa shape index (κ1) is 25.0. The molecule has 1 N–H and O–H groups in total. The lowest BCUT2D eigenvalue weighted by Gasteiger charge is -2.15. The van der Waals surface area contributed by atoms with Crippen molar-refractivity contribution in [2.75, 3.05) is 11.5 Å². The van der Waals surface area contributed by atoms with Crippen molar-refractivity contribution < 1.29 is 24.2 Å². The van der Waals surface area contributed by atoms with Gasteiger partial charge in [0.25, 0.3) is 5.91 Å². The minimum absolute atomic E-state index is 0.162. The summed E-state index contributed by atoms with van der Waals surface area (Å²) in [6.45, 7) is 2.44. The monoisotopic (exact) mass is 569 g/mol. The van der Waals surface area contributed by atoms with E-state index in [1.165, 1.54) is 22.7 Å². The summed E-state index contributed by atoms with van der Waals surface area (Å²) in [4.78, 5) is 26.3. The van der Waals surface area contributed by atoms with E-state index in [4.69, 9.17) is 21.7 Å². The second-order valence-electron chi connectivity index (χ2n) is 7.41. The van der Waals surface area contributed by atoms with E-state index in [0.29, 0.717) is 37.4 Å². The fourth-order valence-corrected chi connectivity index (χ4v) is 5.32. The number of para-hydroxylation sites is 1. The van der Waals surface area contributed by atoms with Crippen molar-refractivity contribution in [3.05, 3.63) is 92.8 Å². The van der Waals surface area contributed by atoms with Gasteiger partial charge in [-0.05, 0) is 76.5 Å². The zero-order valence-corrected chi connectivity index (χ0v) is 21.8. The summed E-state index contributed by atoms with van der Waals surface area (Å²) in [6.07, 6.45) is 1.77. The maximum atomic E-state index is 13.1. The maximum Gasteiger partial charge on any atom is 0.335 e. The molecule has 1 aliphatic heterocycles. The molecule has 0 saturated carbocycles. The summed E-state index contributed by atoms with van der Waals surface area (Å²) < 4.78 is 12.9. The largest absolute Gasteiger partial charge is 0.490 e. The Hall–Kier alpha value is -3.14. The van der Waals surface area contributed by atoms with Crippen LogP contribution in [0.15, 0.2) is 76.1 Å². The maximum absolute atomic E-state index is 13.1. The van der Waals surface area contributed by atoms with Gasteiger partial charge in [-0.15, -0.1) is 0 Å². The molecule has 6 nitrogen and oxygen atoms in total. The Morgan fingerprint density at radius 3 is 2.60 bits per heavy atom. The van der Waals surface area contributed by atoms with Crippen LogP contribution in [-0.4, -0.2) is 27.9 Å². The summed E-state index contributed by atoms with van der Waals surface area (Å²) >= 11 is 10.2. The van der Waals surface area contributed by atoms with E-state index in [2.05, 4.69) is 15.9 Å². The summed E-state index contributed by atoms with van der Waals surface area (Å²) in [7, 11) is 0. The summed E-state index contributed by atoms with van der Waals surface area (Å²) in [5.74, 6) is -0.188. The number of carboxylic acid groups (broad SMARTS) is 1. The number of thioether (sulfide) groups is 1. The third-order valence-corrected chi connectivity index (χ3v) is 6.89. The first-order chi connectivity index (χ1) is 16.9. The van der Waals surface area contributed by atoms with E-state index in [0.717, 1.165) is 11.3 Å². The molecular formula is C26H20BrNO5S2. The molecule has 0 bridgehead atoms. The number of ether oxygens (including phenoxy) is 2. The molecule has 1 heterocycles. The van der Waals surface area contributed by atoms with Crippen LogP contribution in [0.3, 0.4) is 0 Å². The quantitative estimate of drug-likeness (QED) is 0.244. The Kier molecular flexibility index (Phi) is 7.90. The number of benzene rings is 3. The van der Waals surface area contributed by atoms with Crippen LogP contribution >= 0.6 is 39.9 Å². The fourth-order valence-electron chi connectivity index (χ4n) is 3.44. The number of hydrogen-bond donors (Lipinski definition) is 1. The first-order valence-electron chi connectivity index (χ1n) is 10.6. The van der Waals surface area contributed by atoms with E-state index in [9.17, 15) is 14.7 Å². The lowest BCUT2D eigenvalue weighted by molar-refractivity contribution is -0.113. The standard InChI is InChI=1S/C26H20BrNO5S2/c1-2-32-21-13-17(14-22-24(29)28(26(34)35-22)19-9-4-3-5-10-19)12-20(27)23(21)33-15-16-7-6-8-18(11-16)25(30)31/h3-14H,2,15H2,1H3,(H,30,31)/b22-14+. The SMILES string of the molecule is CCOc1cc(/C=C2/SC(=S)N(c3ccccc3)C2=O)cc(Br)c1OCc1cccc(C(=O)O)c1. The van der Waals surface area contributed by atoms with Crippen LogP contribution in [0.2, 0.25) is 0 Å². The van der Waals surface area contributed by atoms with Gasteiger partial charge in [0.05, 0.1) is 27.2 Å². The van der Waals surface area contributed by atoms with Gasteiger partial charge in [-0.3, -0.25) is 9.69 Å². The van der Waals surface area contributed by atoms with Crippen LogP contribution in [0, 0.1) is 0 Å². The molecule has 0 spiro atoms. The second kappa shape index (κ2) is 11.1. The van der Waals surface area contributed by atoms with Gasteiger partial charge in [0.15, 0.2) is 15.8 Å². The Bertz CT molecular complexity index is 1330. The van der Waals surface area contributed by atoms with Crippen LogP contribution < -0.4 is 14.4 Å². The number of halogens is 1. The highest BCUT2D eigenvalue weighted by Gasteiger charge is 2.33. The van der Waals surface area contributed by atoms with Crippen molar-refractivity contribution in [1.29, 1.82) is 0 Å². The van der Waals surface area contributed by atoms with Crippen molar-refractivity contribution >= 4 is 67.9 Å². The molecule has 4 rings (SSSR count). The van der Waals surface area contributed by atoms with E-state index in [1.807, 2.05) is 43.3 Å². The molecule has 35 heavy (non-hydrogen) atoms. The van der Waals surface area contributed by atoms with Crippen LogP contribution in [0.1, 0.15) is 28.4 Å². The Balaban J connectivity index is 1.59. The molecule has 3 aromatic carbocycles. The van der Waals surface area contributed by atoms with Crippen LogP contribution in [-0.2, 0) is 11.4 Å². The van der Waals surface area contributed by atoms with Gasteiger partial charge in [-0.25, -0.2) is 4.79 Å². The number of anilines is 1. The average Bonchev–Trinajstić information content (AvgIpc) is 3.12. The summed E-state index contributed by atoms with van der Waals surface area (Å²) in [6, 6.07) is 19.5. The van der Waals surface area contributed by atoms with Gasteiger partial charge in [0, 0.05) is 0 Å². The predicted molar refractivity (Wildman–Crippen MR) is 145 cm³/mol. The highest BCUT2D eigenvalue weighted by molar-refractivity contribution is 9.10. The highest BCUT2D eigenvalue weighted by atomic mass is 79.9. The number of hydrogen-bond acceptors (Lipinski definition) is 6. The third kappa shape index (κ3) is 5.75. The molecule has 178 valence electrons. The van der Waals surface area contributed by atoms with Gasteiger partial charge in [-0.1, -0.05) is 54.3 Å². The van der Waals surface area contributed by atoms with Crippen molar-refractivity contribution in [3.8, 4) is 11.5 Å². The number of thiocarbonyl (C=S) groups is 1. The van der Waals surface area contributed by atoms with Crippen LogP contribution in [0.25, 0.3) is 6.08 Å². The summed E-state index contributed by atoms with van der Waals surface area (Å²) in [5.41, 5.74) is 2.38. The number of amides is 1. The van der Waals surface area contributed by atoms with Crippen LogP contribution in [0.4, 0.5) is 5.69 Å². The molecule has 1 aliphatic rings. The summed E-state index contributed by atoms with van der Waals surface area (Å²) in [5, 5.41) is 9.21. The highest BCUT2D eigenvalue weighted by Crippen LogP contribution is 2.40. The molecule has 1 amide bonds. The van der Waals surface area contributed by atoms with Gasteiger partial charge in [0.1, 0.15) is 6.61 Å². The van der Waals surface area contributed by atoms with Crippen molar-refractivity contribution in [3.63, 3.8) is 0 Å². The lowest BCUT2D eigenvalue weighted by Crippen LogP contribution is -2.27. The number of carbonyl (C=O) groups is 2. The number of carboxylic acids is 1. The molecule has 0 radical (unpaired) electrons. The number of aromatic carboxylic acids is 1. The molecule has 0 aromatic heterocycles. The number of carbonyl (C=O) groups excluding carboxylic acids is 1. The van der Waals surface area contributed by atoms with E-state index >= 15 is 0 Å². The molecular weight excluding hydrogens is 550 g/mol. The Labute approximate surface area is 220 Å². The smallest absolute Gasteiger partial charge is 0.335 e. The lowest BCUT2D eigenvalue weighted by atomic mass is 10.1. The zero-order valence-electron chi connectivity index (χ0n) is 18.6. The molecule has 3 aromatic rings. The number of nitrogens with zero attached hydrogens (tertiary/aromatic N) is 1. The molecule has 0 atom stereocenters. The molecule has 0 unspecified atom stereocenters. The Morgan fingerprint density at radius 2 is 1.89 bits per heavy atom. The molecule has 0 aliphatic carbocycles. The fraction of sp³-hybridized carbons (Fsp3) is 0.115. The third-order valence-electron chi connectivity index (χ3n) is 4.99. The van der Waals surface area contributed by atoms with E-state index < -0.39 is 5.97 Å². The topological polar surface area (TPSA) is 76.1 Å². The van der Waals surface area contributed by atoms with E-state index in [1.54, 1.807) is 30.3 Å². The first-order valence-corrected chi connectivity index (χ1v) is 12.6. The molecule has 1 saturated heterocycles. The van der Waals surface area contributed by atoms with Gasteiger partial charge in [-0.2, -0.15) is 0 Å². The predicted octanol–water partition coefficient (Wildman–Crippen LogP) is 6.53. The average molecular weight is 570 g/mol. The van der Waals surface area contributed by atoms with Gasteiger partial charge < -0.3 is 14.6 Å². The Morgan fingerprint density at radius 1 is 1.11 bits per heavy atom. The molecule has 1 fully saturated rings. The minimum atomic E-state index is -0.995. The van der Waals surface area contributed by atoms with Crippen molar-refractivity contribution in [1.82, 2.24) is 0 Å². The van der Waals surface area contributed by atoms with E-state index in [-0.39, 0.29) is 18.1 Å². The minimum Gasteiger partial charge on any atom is -0.490 e. The zero-order chi connectivity index (χ0) is 24.9. The molecule has 9 heteroatoms. The van der Waals surface area contributed by atoms with Gasteiger partial charge in [0.2, 0.25) is 0 Å². The van der Waals surface area contributed by atoms with Gasteiger partial charge >= 0.3 is 5.97 Å². The normalized spacial score (nSPS) is 14.5. The van der Waals surface area contributed by atoms with Crippen molar-refractivity contribution in [2.45, 2.75) is 13.5 Å². The van der Waals surface area contributed by atoms with Crippen molar-refractivity contribution in [2.24, 2.45) is 0 Å². The van der Waals surface area contributed by atoms with Crippen LogP contribution in [0.5, 0.6) is 11.5 Å². The second-order valence-corrected chi connectivity index (χ2v) is 9.94. The number of rotatable bonds is 8.